The van der Waals surface area contributed by atoms with E-state index in [1.807, 2.05) is 12.1 Å². The van der Waals surface area contributed by atoms with Crippen LogP contribution in [0.3, 0.4) is 0 Å². The van der Waals surface area contributed by atoms with Crippen LogP contribution >= 0.6 is 23.2 Å². The highest BCUT2D eigenvalue weighted by atomic mass is 35.5. The van der Waals surface area contributed by atoms with Gasteiger partial charge in [-0.15, -0.1) is 21.8 Å². The smallest absolute Gasteiger partial charge is 0.167 e. The van der Waals surface area contributed by atoms with E-state index in [-0.39, 0.29) is 0 Å². The molecule has 0 fully saturated rings. The van der Waals surface area contributed by atoms with Crippen LogP contribution in [-0.2, 0) is 13.1 Å². The summed E-state index contributed by atoms with van der Waals surface area (Å²) in [4.78, 5) is 2.27. The molecule has 1 aliphatic heterocycles. The Labute approximate surface area is 133 Å². The summed E-state index contributed by atoms with van der Waals surface area (Å²) in [5, 5.41) is 9.28. The first-order valence-electron chi connectivity index (χ1n) is 6.77. The first-order valence-corrected chi connectivity index (χ1v) is 7.68. The minimum atomic E-state index is 0.628. The summed E-state index contributed by atoms with van der Waals surface area (Å²) in [6.45, 7) is 3.41. The van der Waals surface area contributed by atoms with E-state index in [9.17, 15) is 0 Å². The van der Waals surface area contributed by atoms with Crippen molar-refractivity contribution in [3.8, 4) is 17.1 Å². The van der Waals surface area contributed by atoms with E-state index >= 15 is 0 Å². The maximum atomic E-state index is 6.10. The van der Waals surface area contributed by atoms with Gasteiger partial charge in [0.15, 0.2) is 5.82 Å². The molecule has 0 aliphatic carbocycles. The molecule has 0 radical (unpaired) electrons. The van der Waals surface area contributed by atoms with Crippen molar-refractivity contribution < 1.29 is 4.74 Å². The first-order chi connectivity index (χ1) is 10.2. The summed E-state index contributed by atoms with van der Waals surface area (Å²) in [6.07, 6.45) is 0. The molecule has 21 heavy (non-hydrogen) atoms. The van der Waals surface area contributed by atoms with E-state index < -0.39 is 0 Å². The van der Waals surface area contributed by atoms with Crippen molar-refractivity contribution in [2.45, 2.75) is 13.1 Å². The zero-order valence-electron chi connectivity index (χ0n) is 11.7. The number of fused-ring (bicyclic) bond motifs is 1. The van der Waals surface area contributed by atoms with E-state index in [4.69, 9.17) is 27.9 Å². The van der Waals surface area contributed by atoms with Crippen LogP contribution in [0.5, 0.6) is 5.75 Å². The van der Waals surface area contributed by atoms with Gasteiger partial charge in [0, 0.05) is 30.5 Å². The number of methoxy groups -OCH3 is 1. The Hall–Kier alpha value is -1.30. The Morgan fingerprint density at radius 1 is 1.29 bits per heavy atom. The van der Waals surface area contributed by atoms with E-state index in [1.165, 1.54) is 0 Å². The molecule has 0 amide bonds. The van der Waals surface area contributed by atoms with Gasteiger partial charge in [0.1, 0.15) is 11.6 Å². The molecule has 1 aromatic heterocycles. The van der Waals surface area contributed by atoms with Crippen molar-refractivity contribution in [2.75, 3.05) is 26.1 Å². The topological polar surface area (TPSA) is 43.2 Å². The first kappa shape index (κ1) is 14.6. The fraction of sp³-hybridized carbons (Fsp3) is 0.429. The normalized spacial score (nSPS) is 15.0. The second-order valence-electron chi connectivity index (χ2n) is 4.90. The third kappa shape index (κ3) is 2.86. The van der Waals surface area contributed by atoms with Crippen LogP contribution in [0.1, 0.15) is 5.82 Å². The monoisotopic (exact) mass is 326 g/mol. The Morgan fingerprint density at radius 3 is 2.90 bits per heavy atom. The van der Waals surface area contributed by atoms with Crippen molar-refractivity contribution in [3.63, 3.8) is 0 Å². The number of benzene rings is 1. The molecule has 0 atom stereocenters. The predicted octanol–water partition coefficient (Wildman–Crippen LogP) is 2.66. The van der Waals surface area contributed by atoms with E-state index in [2.05, 4.69) is 19.7 Å². The largest absolute Gasteiger partial charge is 0.496 e. The van der Waals surface area contributed by atoms with E-state index in [0.29, 0.717) is 10.9 Å². The van der Waals surface area contributed by atoms with Crippen molar-refractivity contribution >= 4 is 23.2 Å². The fourth-order valence-electron chi connectivity index (χ4n) is 2.57. The minimum absolute atomic E-state index is 0.628. The number of rotatable bonds is 4. The van der Waals surface area contributed by atoms with Crippen LogP contribution in [0.15, 0.2) is 18.2 Å². The number of ether oxygens (including phenoxy) is 1. The molecule has 0 bridgehead atoms. The second-order valence-corrected chi connectivity index (χ2v) is 5.72. The lowest BCUT2D eigenvalue weighted by Crippen LogP contribution is -2.35. The number of halogens is 2. The molecular weight excluding hydrogens is 311 g/mol. The third-order valence-corrected chi connectivity index (χ3v) is 4.04. The van der Waals surface area contributed by atoms with Crippen LogP contribution in [0.25, 0.3) is 11.4 Å². The van der Waals surface area contributed by atoms with Crippen LogP contribution < -0.4 is 4.74 Å². The molecule has 2 heterocycles. The quantitative estimate of drug-likeness (QED) is 0.810. The van der Waals surface area contributed by atoms with Crippen molar-refractivity contribution in [1.82, 2.24) is 19.7 Å². The van der Waals surface area contributed by atoms with Crippen LogP contribution in [0, 0.1) is 0 Å². The maximum absolute atomic E-state index is 6.10. The SMILES string of the molecule is COc1ccc(Cl)cc1-c1nnc2n1CCN(CCCl)C2. The van der Waals surface area contributed by atoms with Gasteiger partial charge < -0.3 is 9.30 Å². The molecule has 0 saturated carbocycles. The summed E-state index contributed by atoms with van der Waals surface area (Å²) in [5.74, 6) is 3.12. The Kier molecular flexibility index (Phi) is 4.33. The van der Waals surface area contributed by atoms with Gasteiger partial charge in [0.25, 0.3) is 0 Å². The number of alkyl halides is 1. The maximum Gasteiger partial charge on any atom is 0.167 e. The third-order valence-electron chi connectivity index (χ3n) is 3.64. The molecule has 2 aromatic rings. The van der Waals surface area contributed by atoms with Gasteiger partial charge in [-0.3, -0.25) is 4.90 Å². The second kappa shape index (κ2) is 6.22. The standard InChI is InChI=1S/C14H16Cl2N4O/c1-21-12-3-2-10(16)8-11(12)14-18-17-13-9-19(5-4-15)6-7-20(13)14/h2-3,8H,4-7,9H2,1H3. The van der Waals surface area contributed by atoms with Crippen molar-refractivity contribution in [1.29, 1.82) is 0 Å². The minimum Gasteiger partial charge on any atom is -0.496 e. The lowest BCUT2D eigenvalue weighted by atomic mass is 10.2. The Balaban J connectivity index is 1.97. The molecule has 3 rings (SSSR count). The lowest BCUT2D eigenvalue weighted by Gasteiger charge is -2.27. The molecule has 0 spiro atoms. The number of aromatic nitrogens is 3. The number of nitrogens with zero attached hydrogens (tertiary/aromatic N) is 4. The summed E-state index contributed by atoms with van der Waals surface area (Å²) in [5.41, 5.74) is 0.870. The average molecular weight is 327 g/mol. The van der Waals surface area contributed by atoms with Gasteiger partial charge in [-0.25, -0.2) is 0 Å². The van der Waals surface area contributed by atoms with Crippen LogP contribution in [0.2, 0.25) is 5.02 Å². The average Bonchev–Trinajstić information content (AvgIpc) is 2.90. The zero-order valence-corrected chi connectivity index (χ0v) is 13.2. The molecule has 1 aliphatic rings. The lowest BCUT2D eigenvalue weighted by molar-refractivity contribution is 0.230. The van der Waals surface area contributed by atoms with Gasteiger partial charge in [-0.1, -0.05) is 11.6 Å². The number of hydrogen-bond acceptors (Lipinski definition) is 4. The Bertz CT molecular complexity index is 644. The molecule has 0 N–H and O–H groups in total. The highest BCUT2D eigenvalue weighted by Gasteiger charge is 2.23. The molecule has 0 unspecified atom stereocenters. The predicted molar refractivity (Wildman–Crippen MR) is 83.0 cm³/mol. The summed E-state index contributed by atoms with van der Waals surface area (Å²) >= 11 is 11.9. The van der Waals surface area contributed by atoms with Crippen molar-refractivity contribution in [2.24, 2.45) is 0 Å². The van der Waals surface area contributed by atoms with Gasteiger partial charge >= 0.3 is 0 Å². The molecule has 7 heteroatoms. The van der Waals surface area contributed by atoms with Gasteiger partial charge in [-0.2, -0.15) is 0 Å². The Morgan fingerprint density at radius 2 is 2.14 bits per heavy atom. The van der Waals surface area contributed by atoms with Gasteiger partial charge in [0.05, 0.1) is 19.2 Å². The van der Waals surface area contributed by atoms with Gasteiger partial charge in [-0.05, 0) is 18.2 Å². The molecule has 1 aromatic carbocycles. The van der Waals surface area contributed by atoms with E-state index in [0.717, 1.165) is 49.1 Å². The summed E-state index contributed by atoms with van der Waals surface area (Å²) in [7, 11) is 1.64. The molecule has 5 nitrogen and oxygen atoms in total. The van der Waals surface area contributed by atoms with Gasteiger partial charge in [0.2, 0.25) is 0 Å². The zero-order chi connectivity index (χ0) is 14.8. The summed E-state index contributed by atoms with van der Waals surface area (Å²) in [6, 6.07) is 5.52. The van der Waals surface area contributed by atoms with E-state index in [1.54, 1.807) is 13.2 Å². The van der Waals surface area contributed by atoms with Crippen LogP contribution in [-0.4, -0.2) is 45.7 Å². The number of hydrogen-bond donors (Lipinski definition) is 0. The van der Waals surface area contributed by atoms with Crippen molar-refractivity contribution in [3.05, 3.63) is 29.0 Å². The summed E-state index contributed by atoms with van der Waals surface area (Å²) < 4.78 is 7.53. The molecular formula is C14H16Cl2N4O. The molecule has 0 saturated heterocycles. The van der Waals surface area contributed by atoms with Crippen LogP contribution in [0.4, 0.5) is 0 Å². The fourth-order valence-corrected chi connectivity index (χ4v) is 2.98. The molecule has 112 valence electrons. The highest BCUT2D eigenvalue weighted by Crippen LogP contribution is 2.32. The highest BCUT2D eigenvalue weighted by molar-refractivity contribution is 6.30.